The van der Waals surface area contributed by atoms with Crippen molar-refractivity contribution < 1.29 is 4.79 Å². The van der Waals surface area contributed by atoms with E-state index >= 15 is 0 Å². The number of anilines is 1. The molecule has 7 heteroatoms. The highest BCUT2D eigenvalue weighted by molar-refractivity contribution is 9.10. The molecule has 0 bridgehead atoms. The van der Waals surface area contributed by atoms with Crippen molar-refractivity contribution in [2.45, 2.75) is 38.5 Å². The lowest BCUT2D eigenvalue weighted by molar-refractivity contribution is -0.116. The van der Waals surface area contributed by atoms with Crippen LogP contribution in [0.5, 0.6) is 0 Å². The lowest BCUT2D eigenvalue weighted by Gasteiger charge is -2.39. The summed E-state index contributed by atoms with van der Waals surface area (Å²) < 4.78 is 1.02. The van der Waals surface area contributed by atoms with Crippen molar-refractivity contribution >= 4 is 38.7 Å². The molecule has 3 heterocycles. The topological polar surface area (TPSA) is 83.0 Å². The Morgan fingerprint density at radius 1 is 1.46 bits per heavy atom. The molecule has 0 amide bonds. The minimum absolute atomic E-state index is 0.1000. The van der Waals surface area contributed by atoms with Gasteiger partial charge in [0.25, 0.3) is 0 Å². The maximum atomic E-state index is 13.0. The van der Waals surface area contributed by atoms with Crippen LogP contribution in [0.1, 0.15) is 41.9 Å². The molecule has 2 aliphatic rings. The Morgan fingerprint density at radius 2 is 2.29 bits per heavy atom. The maximum Gasteiger partial charge on any atom is 0.161 e. The first kappa shape index (κ1) is 18.9. The van der Waals surface area contributed by atoms with Gasteiger partial charge in [0.2, 0.25) is 0 Å². The van der Waals surface area contributed by atoms with Crippen molar-refractivity contribution in [3.05, 3.63) is 67.5 Å². The summed E-state index contributed by atoms with van der Waals surface area (Å²) in [5, 5.41) is 10.00. The first-order valence-electron chi connectivity index (χ1n) is 9.21. The molecule has 2 aromatic heterocycles. The summed E-state index contributed by atoms with van der Waals surface area (Å²) in [7, 11) is 0. The number of carbonyl (C=O) groups is 1. The number of allylic oxidation sites excluding steroid dienone is 3. The third-order valence-electron chi connectivity index (χ3n) is 5.20. The zero-order chi connectivity index (χ0) is 19.8. The summed E-state index contributed by atoms with van der Waals surface area (Å²) in [5.41, 5.74) is 9.33. The average molecular weight is 455 g/mol. The highest BCUT2D eigenvalue weighted by Crippen LogP contribution is 2.48. The number of nitrogens with zero attached hydrogens (tertiary/aromatic N) is 3. The fourth-order valence-corrected chi connectivity index (χ4v) is 6.00. The minimum atomic E-state index is -0.401. The van der Waals surface area contributed by atoms with Crippen LogP contribution in [0.4, 0.5) is 5.69 Å². The molecule has 2 aromatic rings. The zero-order valence-corrected chi connectivity index (χ0v) is 17.8. The highest BCUT2D eigenvalue weighted by Gasteiger charge is 2.41. The van der Waals surface area contributed by atoms with Crippen molar-refractivity contribution in [3.8, 4) is 6.07 Å². The number of nitrogens with two attached hydrogens (primary N) is 1. The van der Waals surface area contributed by atoms with Crippen molar-refractivity contribution in [3.63, 3.8) is 0 Å². The molecule has 1 atom stereocenters. The van der Waals surface area contributed by atoms with Crippen LogP contribution >= 0.6 is 27.3 Å². The summed E-state index contributed by atoms with van der Waals surface area (Å²) in [6.45, 7) is 2.09. The molecule has 0 aromatic carbocycles. The molecule has 0 fully saturated rings. The lowest BCUT2D eigenvalue weighted by atomic mass is 9.78. The van der Waals surface area contributed by atoms with Crippen molar-refractivity contribution in [1.82, 2.24) is 4.98 Å². The fraction of sp³-hybridized carbons (Fsp3) is 0.286. The molecular formula is C21H19BrN4OS. The van der Waals surface area contributed by atoms with Gasteiger partial charge in [-0.1, -0.05) is 6.92 Å². The first-order chi connectivity index (χ1) is 13.6. The number of rotatable bonds is 3. The van der Waals surface area contributed by atoms with Gasteiger partial charge in [-0.05, 0) is 53.4 Å². The number of pyridine rings is 1. The molecule has 2 N–H and O–H groups in total. The number of thiophene rings is 1. The number of halogens is 1. The van der Waals surface area contributed by atoms with Crippen LogP contribution in [0.3, 0.4) is 0 Å². The Kier molecular flexibility index (Phi) is 5.09. The number of hydrogen-bond acceptors (Lipinski definition) is 6. The van der Waals surface area contributed by atoms with Gasteiger partial charge in [-0.3, -0.25) is 14.7 Å². The Balaban J connectivity index is 1.96. The number of ketones is 1. The predicted molar refractivity (Wildman–Crippen MR) is 114 cm³/mol. The fourth-order valence-electron chi connectivity index (χ4n) is 3.96. The van der Waals surface area contributed by atoms with E-state index in [4.69, 9.17) is 5.73 Å². The van der Waals surface area contributed by atoms with E-state index in [2.05, 4.69) is 33.9 Å². The first-order valence-corrected chi connectivity index (χ1v) is 10.8. The van der Waals surface area contributed by atoms with Crippen LogP contribution in [0.15, 0.2) is 57.7 Å². The average Bonchev–Trinajstić information content (AvgIpc) is 3.08. The van der Waals surface area contributed by atoms with Gasteiger partial charge in [0, 0.05) is 38.1 Å². The van der Waals surface area contributed by atoms with E-state index in [0.717, 1.165) is 40.0 Å². The van der Waals surface area contributed by atoms with Crippen molar-refractivity contribution in [2.24, 2.45) is 5.73 Å². The summed E-state index contributed by atoms with van der Waals surface area (Å²) in [5.74, 6) is 0.0850. The summed E-state index contributed by atoms with van der Waals surface area (Å²) in [4.78, 5) is 21.3. The highest BCUT2D eigenvalue weighted by atomic mass is 79.9. The molecule has 1 aliphatic heterocycles. The number of hydrogen-bond donors (Lipinski definition) is 1. The third-order valence-corrected chi connectivity index (χ3v) is 7.51. The van der Waals surface area contributed by atoms with E-state index in [1.54, 1.807) is 23.7 Å². The summed E-state index contributed by atoms with van der Waals surface area (Å²) in [6, 6.07) is 8.06. The van der Waals surface area contributed by atoms with Crippen LogP contribution in [-0.2, 0) is 11.2 Å². The normalized spacial score (nSPS) is 19.7. The Hall–Kier alpha value is -2.43. The number of nitriles is 1. The van der Waals surface area contributed by atoms with Crippen LogP contribution in [0.25, 0.3) is 0 Å². The molecule has 1 unspecified atom stereocenters. The SMILES string of the molecule is CCc1sc(C2C(C#N)=C(N)N(c3cccnc3)C3=C2C(=O)CCC3)cc1Br. The second-order valence-electron chi connectivity index (χ2n) is 6.80. The van der Waals surface area contributed by atoms with Gasteiger partial charge in [-0.25, -0.2) is 0 Å². The van der Waals surface area contributed by atoms with Crippen molar-refractivity contribution in [1.29, 1.82) is 5.26 Å². The number of aromatic nitrogens is 1. The maximum absolute atomic E-state index is 13.0. The van der Waals surface area contributed by atoms with Crippen LogP contribution in [0.2, 0.25) is 0 Å². The second kappa shape index (κ2) is 7.53. The number of Topliss-reactive ketones (excluding diaryl/α,β-unsaturated/α-hetero) is 1. The van der Waals surface area contributed by atoms with Crippen molar-refractivity contribution in [2.75, 3.05) is 4.90 Å². The third kappa shape index (κ3) is 2.97. The smallest absolute Gasteiger partial charge is 0.161 e. The Morgan fingerprint density at radius 3 is 2.93 bits per heavy atom. The van der Waals surface area contributed by atoms with E-state index in [1.807, 2.05) is 23.1 Å². The zero-order valence-electron chi connectivity index (χ0n) is 15.4. The molecule has 5 nitrogen and oxygen atoms in total. The molecule has 0 spiro atoms. The Bertz CT molecular complexity index is 1050. The van der Waals surface area contributed by atoms with Gasteiger partial charge in [-0.2, -0.15) is 5.26 Å². The molecule has 4 rings (SSSR count). The van der Waals surface area contributed by atoms with E-state index in [9.17, 15) is 10.1 Å². The van der Waals surface area contributed by atoms with E-state index in [-0.39, 0.29) is 5.78 Å². The molecule has 1 aliphatic carbocycles. The lowest BCUT2D eigenvalue weighted by Crippen LogP contribution is -2.38. The number of aryl methyl sites for hydroxylation is 1. The molecule has 28 heavy (non-hydrogen) atoms. The second-order valence-corrected chi connectivity index (χ2v) is 8.82. The van der Waals surface area contributed by atoms with Crippen LogP contribution in [-0.4, -0.2) is 10.8 Å². The predicted octanol–water partition coefficient (Wildman–Crippen LogP) is 4.77. The molecule has 0 radical (unpaired) electrons. The molecular weight excluding hydrogens is 436 g/mol. The Labute approximate surface area is 176 Å². The molecule has 0 saturated heterocycles. The van der Waals surface area contributed by atoms with E-state index < -0.39 is 5.92 Å². The summed E-state index contributed by atoms with van der Waals surface area (Å²) >= 11 is 5.25. The molecule has 0 saturated carbocycles. The van der Waals surface area contributed by atoms with Crippen LogP contribution in [0, 0.1) is 11.3 Å². The van der Waals surface area contributed by atoms with E-state index in [0.29, 0.717) is 23.4 Å². The van der Waals surface area contributed by atoms with Gasteiger partial charge < -0.3 is 5.73 Å². The van der Waals surface area contributed by atoms with Gasteiger partial charge in [0.15, 0.2) is 5.78 Å². The largest absolute Gasteiger partial charge is 0.384 e. The van der Waals surface area contributed by atoms with Crippen LogP contribution < -0.4 is 10.6 Å². The standard InChI is InChI=1S/C21H19BrN4OS/c1-2-17-14(22)9-18(28-17)19-13(10-23)21(24)26(12-5-4-8-25-11-12)15-6-3-7-16(27)20(15)19/h4-5,8-9,11,19H,2-3,6-7,24H2,1H3. The van der Waals surface area contributed by atoms with Gasteiger partial charge in [0.05, 0.1) is 29.4 Å². The quantitative estimate of drug-likeness (QED) is 0.721. The molecule has 142 valence electrons. The van der Waals surface area contributed by atoms with Gasteiger partial charge >= 0.3 is 0 Å². The van der Waals surface area contributed by atoms with E-state index in [1.165, 1.54) is 4.88 Å². The number of carbonyl (C=O) groups excluding carboxylic acids is 1. The summed E-state index contributed by atoms with van der Waals surface area (Å²) in [6.07, 6.45) is 6.33. The minimum Gasteiger partial charge on any atom is -0.384 e. The monoisotopic (exact) mass is 454 g/mol. The van der Waals surface area contributed by atoms with Gasteiger partial charge in [0.1, 0.15) is 5.82 Å². The van der Waals surface area contributed by atoms with Gasteiger partial charge in [-0.15, -0.1) is 11.3 Å².